The van der Waals surface area contributed by atoms with Gasteiger partial charge in [-0.2, -0.15) is 0 Å². The highest BCUT2D eigenvalue weighted by atomic mass is 16.2. The number of amides is 1. The van der Waals surface area contributed by atoms with E-state index in [2.05, 4.69) is 9.88 Å². The molecule has 1 aliphatic heterocycles. The fourth-order valence-electron chi connectivity index (χ4n) is 2.03. The van der Waals surface area contributed by atoms with Gasteiger partial charge in [-0.25, -0.2) is 0 Å². The average molecular weight is 234 g/mol. The van der Waals surface area contributed by atoms with E-state index >= 15 is 0 Å². The Morgan fingerprint density at radius 1 is 1.41 bits per heavy atom. The van der Waals surface area contributed by atoms with Crippen LogP contribution in [0.5, 0.6) is 0 Å². The molecule has 0 aliphatic carbocycles. The molecule has 92 valence electrons. The molecule has 5 heteroatoms. The molecule has 2 N–H and O–H groups in total. The molecule has 0 atom stereocenters. The van der Waals surface area contributed by atoms with Crippen molar-refractivity contribution in [2.75, 3.05) is 31.9 Å². The molecule has 1 fully saturated rings. The Kier molecular flexibility index (Phi) is 3.58. The second-order valence-electron chi connectivity index (χ2n) is 4.36. The third kappa shape index (κ3) is 3.17. The molecule has 1 aromatic rings. The zero-order valence-electron chi connectivity index (χ0n) is 10.1. The summed E-state index contributed by atoms with van der Waals surface area (Å²) in [7, 11) is 0. The molecule has 1 aromatic heterocycles. The summed E-state index contributed by atoms with van der Waals surface area (Å²) >= 11 is 0. The normalized spacial score (nSPS) is 17.1. The van der Waals surface area contributed by atoms with Crippen LogP contribution in [0.1, 0.15) is 12.6 Å². The van der Waals surface area contributed by atoms with Crippen molar-refractivity contribution in [1.82, 2.24) is 14.8 Å². The Hall–Kier alpha value is -1.62. The fraction of sp³-hybridized carbons (Fsp3) is 0.500. The number of nitrogen functional groups attached to an aromatic ring is 1. The van der Waals surface area contributed by atoms with Gasteiger partial charge in [0.25, 0.3) is 0 Å². The summed E-state index contributed by atoms with van der Waals surface area (Å²) in [5, 5.41) is 0. The predicted molar refractivity (Wildman–Crippen MR) is 66.2 cm³/mol. The van der Waals surface area contributed by atoms with Crippen LogP contribution >= 0.6 is 0 Å². The largest absolute Gasteiger partial charge is 0.399 e. The Morgan fingerprint density at radius 3 is 2.71 bits per heavy atom. The highest BCUT2D eigenvalue weighted by Crippen LogP contribution is 2.09. The molecule has 1 aliphatic rings. The van der Waals surface area contributed by atoms with Crippen molar-refractivity contribution in [2.45, 2.75) is 13.5 Å². The standard InChI is InChI=1S/C12H18N4O/c1-10(17)16-6-4-15(5-7-16)9-12-8-11(13)2-3-14-12/h2-3,8H,4-7,9H2,1H3,(H2,13,14). The second kappa shape index (κ2) is 5.14. The maximum absolute atomic E-state index is 11.2. The summed E-state index contributed by atoms with van der Waals surface area (Å²) in [6.45, 7) is 5.83. The molecule has 5 nitrogen and oxygen atoms in total. The van der Waals surface area contributed by atoms with Crippen LogP contribution in [0.15, 0.2) is 18.3 Å². The lowest BCUT2D eigenvalue weighted by Crippen LogP contribution is -2.47. The van der Waals surface area contributed by atoms with E-state index in [-0.39, 0.29) is 5.91 Å². The van der Waals surface area contributed by atoms with Gasteiger partial charge in [0.15, 0.2) is 0 Å². The number of nitrogens with two attached hydrogens (primary N) is 1. The average Bonchev–Trinajstić information content (AvgIpc) is 2.29. The van der Waals surface area contributed by atoms with Crippen LogP contribution < -0.4 is 5.73 Å². The summed E-state index contributed by atoms with van der Waals surface area (Å²) in [4.78, 5) is 19.6. The second-order valence-corrected chi connectivity index (χ2v) is 4.36. The number of aromatic nitrogens is 1. The number of pyridine rings is 1. The number of anilines is 1. The maximum atomic E-state index is 11.2. The molecule has 2 rings (SSSR count). The quantitative estimate of drug-likeness (QED) is 0.801. The molecule has 0 spiro atoms. The van der Waals surface area contributed by atoms with Crippen LogP contribution in [0.4, 0.5) is 5.69 Å². The van der Waals surface area contributed by atoms with E-state index < -0.39 is 0 Å². The number of piperazine rings is 1. The van der Waals surface area contributed by atoms with E-state index in [1.807, 2.05) is 11.0 Å². The first-order valence-corrected chi connectivity index (χ1v) is 5.83. The Morgan fingerprint density at radius 2 is 2.12 bits per heavy atom. The molecule has 0 aromatic carbocycles. The van der Waals surface area contributed by atoms with Gasteiger partial charge in [0, 0.05) is 51.5 Å². The van der Waals surface area contributed by atoms with Gasteiger partial charge in [0.05, 0.1) is 5.69 Å². The molecule has 0 radical (unpaired) electrons. The molecular formula is C12H18N4O. The van der Waals surface area contributed by atoms with Crippen LogP contribution in [-0.4, -0.2) is 46.9 Å². The van der Waals surface area contributed by atoms with Gasteiger partial charge in [-0.1, -0.05) is 0 Å². The third-order valence-electron chi connectivity index (χ3n) is 3.04. The SMILES string of the molecule is CC(=O)N1CCN(Cc2cc(N)ccn2)CC1. The van der Waals surface area contributed by atoms with Crippen LogP contribution in [0.3, 0.4) is 0 Å². The van der Waals surface area contributed by atoms with Crippen molar-refractivity contribution in [3.63, 3.8) is 0 Å². The van der Waals surface area contributed by atoms with Crippen LogP contribution in [0, 0.1) is 0 Å². The van der Waals surface area contributed by atoms with Crippen molar-refractivity contribution in [2.24, 2.45) is 0 Å². The number of hydrogen-bond acceptors (Lipinski definition) is 4. The molecule has 0 saturated carbocycles. The molecular weight excluding hydrogens is 216 g/mol. The molecule has 1 amide bonds. The molecule has 17 heavy (non-hydrogen) atoms. The Labute approximate surface area is 101 Å². The van der Waals surface area contributed by atoms with Crippen LogP contribution in [0.2, 0.25) is 0 Å². The van der Waals surface area contributed by atoms with Crippen LogP contribution in [-0.2, 0) is 11.3 Å². The zero-order chi connectivity index (χ0) is 12.3. The summed E-state index contributed by atoms with van der Waals surface area (Å²) in [6, 6.07) is 3.69. The fourth-order valence-corrected chi connectivity index (χ4v) is 2.03. The van der Waals surface area contributed by atoms with Crippen molar-refractivity contribution < 1.29 is 4.79 Å². The minimum atomic E-state index is 0.159. The highest BCUT2D eigenvalue weighted by molar-refractivity contribution is 5.73. The smallest absolute Gasteiger partial charge is 0.219 e. The number of rotatable bonds is 2. The minimum Gasteiger partial charge on any atom is -0.399 e. The van der Waals surface area contributed by atoms with Gasteiger partial charge in [-0.15, -0.1) is 0 Å². The van der Waals surface area contributed by atoms with E-state index in [4.69, 9.17) is 5.73 Å². The zero-order valence-corrected chi connectivity index (χ0v) is 10.1. The summed E-state index contributed by atoms with van der Waals surface area (Å²) in [6.07, 6.45) is 1.73. The van der Waals surface area contributed by atoms with E-state index in [1.54, 1.807) is 19.2 Å². The summed E-state index contributed by atoms with van der Waals surface area (Å²) in [5.74, 6) is 0.159. The topological polar surface area (TPSA) is 62.5 Å². The van der Waals surface area contributed by atoms with Crippen molar-refractivity contribution >= 4 is 11.6 Å². The first-order chi connectivity index (χ1) is 8.15. The Bertz CT molecular complexity index is 399. The van der Waals surface area contributed by atoms with Gasteiger partial charge >= 0.3 is 0 Å². The monoisotopic (exact) mass is 234 g/mol. The first-order valence-electron chi connectivity index (χ1n) is 5.83. The van der Waals surface area contributed by atoms with Gasteiger partial charge in [0.2, 0.25) is 5.91 Å². The third-order valence-corrected chi connectivity index (χ3v) is 3.04. The van der Waals surface area contributed by atoms with E-state index in [1.165, 1.54) is 0 Å². The van der Waals surface area contributed by atoms with E-state index in [0.717, 1.165) is 44.1 Å². The first kappa shape index (κ1) is 11.9. The predicted octanol–water partition coefficient (Wildman–Crippen LogP) is 0.328. The van der Waals surface area contributed by atoms with Crippen molar-refractivity contribution in [3.05, 3.63) is 24.0 Å². The van der Waals surface area contributed by atoms with E-state index in [9.17, 15) is 4.79 Å². The van der Waals surface area contributed by atoms with Gasteiger partial charge < -0.3 is 10.6 Å². The van der Waals surface area contributed by atoms with Crippen molar-refractivity contribution in [3.8, 4) is 0 Å². The lowest BCUT2D eigenvalue weighted by Gasteiger charge is -2.33. The maximum Gasteiger partial charge on any atom is 0.219 e. The number of carbonyl (C=O) groups excluding carboxylic acids is 1. The number of carbonyl (C=O) groups is 1. The number of nitrogens with zero attached hydrogens (tertiary/aromatic N) is 3. The van der Waals surface area contributed by atoms with Gasteiger partial charge in [-0.05, 0) is 12.1 Å². The Balaban J connectivity index is 1.88. The molecule has 2 heterocycles. The van der Waals surface area contributed by atoms with Crippen molar-refractivity contribution in [1.29, 1.82) is 0 Å². The summed E-state index contributed by atoms with van der Waals surface area (Å²) < 4.78 is 0. The van der Waals surface area contributed by atoms with Gasteiger partial charge in [-0.3, -0.25) is 14.7 Å². The molecule has 0 bridgehead atoms. The van der Waals surface area contributed by atoms with E-state index in [0.29, 0.717) is 0 Å². The number of hydrogen-bond donors (Lipinski definition) is 1. The highest BCUT2D eigenvalue weighted by Gasteiger charge is 2.18. The minimum absolute atomic E-state index is 0.159. The molecule has 0 unspecified atom stereocenters. The van der Waals surface area contributed by atoms with Gasteiger partial charge in [0.1, 0.15) is 0 Å². The van der Waals surface area contributed by atoms with Crippen LogP contribution in [0.25, 0.3) is 0 Å². The molecule has 1 saturated heterocycles. The lowest BCUT2D eigenvalue weighted by atomic mass is 10.2. The lowest BCUT2D eigenvalue weighted by molar-refractivity contribution is -0.130. The summed E-state index contributed by atoms with van der Waals surface area (Å²) in [5.41, 5.74) is 7.45.